The van der Waals surface area contributed by atoms with Crippen LogP contribution in [0.5, 0.6) is 0 Å². The maximum absolute atomic E-state index is 13.8. The molecule has 0 amide bonds. The normalized spacial score (nSPS) is 17.9. The summed E-state index contributed by atoms with van der Waals surface area (Å²) in [6.45, 7) is 3.31. The molecule has 116 valence electrons. The quantitative estimate of drug-likeness (QED) is 0.643. The topological polar surface area (TPSA) is 64.2 Å². The SMILES string of the molecule is Cc1nccn1C[C@H]1CCCN1c1cccc(F)c1[N+](=O)[O-]. The molecule has 1 aromatic heterocycles. The molecule has 0 saturated carbocycles. The van der Waals surface area contributed by atoms with Crippen molar-refractivity contribution in [3.05, 3.63) is 52.3 Å². The standard InChI is InChI=1S/C15H17FN4O2/c1-11-17-7-9-18(11)10-12-4-3-8-19(12)14-6-2-5-13(16)15(14)20(21)22/h2,5-7,9,12H,3-4,8,10H2,1H3/t12-/m1/s1. The van der Waals surface area contributed by atoms with Gasteiger partial charge in [-0.25, -0.2) is 4.98 Å². The molecule has 22 heavy (non-hydrogen) atoms. The lowest BCUT2D eigenvalue weighted by Gasteiger charge is -2.27. The van der Waals surface area contributed by atoms with Gasteiger partial charge in [0.2, 0.25) is 5.82 Å². The molecule has 1 aromatic carbocycles. The molecule has 2 aromatic rings. The van der Waals surface area contributed by atoms with Gasteiger partial charge in [0.15, 0.2) is 0 Å². The van der Waals surface area contributed by atoms with Crippen molar-refractivity contribution in [1.29, 1.82) is 0 Å². The summed E-state index contributed by atoms with van der Waals surface area (Å²) in [5, 5.41) is 11.2. The van der Waals surface area contributed by atoms with E-state index in [1.165, 1.54) is 6.07 Å². The number of halogens is 1. The molecule has 2 heterocycles. The number of benzene rings is 1. The van der Waals surface area contributed by atoms with Crippen LogP contribution in [0.4, 0.5) is 15.8 Å². The van der Waals surface area contributed by atoms with Gasteiger partial charge in [-0.2, -0.15) is 4.39 Å². The molecule has 1 aliphatic heterocycles. The van der Waals surface area contributed by atoms with Gasteiger partial charge in [-0.1, -0.05) is 6.07 Å². The maximum atomic E-state index is 13.8. The Morgan fingerprint density at radius 1 is 1.50 bits per heavy atom. The smallest absolute Gasteiger partial charge is 0.327 e. The van der Waals surface area contributed by atoms with Gasteiger partial charge in [0.05, 0.1) is 4.92 Å². The first kappa shape index (κ1) is 14.5. The number of hydrogen-bond donors (Lipinski definition) is 0. The lowest BCUT2D eigenvalue weighted by atomic mass is 10.2. The first-order valence-corrected chi connectivity index (χ1v) is 7.25. The Hall–Kier alpha value is -2.44. The number of aromatic nitrogens is 2. The van der Waals surface area contributed by atoms with Crippen LogP contribution in [0.25, 0.3) is 0 Å². The zero-order valence-electron chi connectivity index (χ0n) is 12.3. The fourth-order valence-electron chi connectivity index (χ4n) is 3.08. The maximum Gasteiger partial charge on any atom is 0.327 e. The Balaban J connectivity index is 1.92. The van der Waals surface area contributed by atoms with Crippen LogP contribution >= 0.6 is 0 Å². The van der Waals surface area contributed by atoms with E-state index in [2.05, 4.69) is 4.98 Å². The number of rotatable bonds is 4. The average Bonchev–Trinajstić information content (AvgIpc) is 3.08. The summed E-state index contributed by atoms with van der Waals surface area (Å²) >= 11 is 0. The third-order valence-electron chi connectivity index (χ3n) is 4.17. The van der Waals surface area contributed by atoms with E-state index in [4.69, 9.17) is 0 Å². The highest BCUT2D eigenvalue weighted by Gasteiger charge is 2.32. The highest BCUT2D eigenvalue weighted by molar-refractivity contribution is 5.64. The van der Waals surface area contributed by atoms with Gasteiger partial charge in [0, 0.05) is 31.5 Å². The third-order valence-corrected chi connectivity index (χ3v) is 4.17. The van der Waals surface area contributed by atoms with Crippen LogP contribution in [0.15, 0.2) is 30.6 Å². The highest BCUT2D eigenvalue weighted by atomic mass is 19.1. The number of aryl methyl sites for hydroxylation is 1. The molecular formula is C15H17FN4O2. The first-order chi connectivity index (χ1) is 10.6. The van der Waals surface area contributed by atoms with E-state index >= 15 is 0 Å². The second-order valence-electron chi connectivity index (χ2n) is 5.48. The monoisotopic (exact) mass is 304 g/mol. The lowest BCUT2D eigenvalue weighted by molar-refractivity contribution is -0.386. The summed E-state index contributed by atoms with van der Waals surface area (Å²) in [7, 11) is 0. The summed E-state index contributed by atoms with van der Waals surface area (Å²) in [6, 6.07) is 4.39. The zero-order chi connectivity index (χ0) is 15.7. The van der Waals surface area contributed by atoms with Crippen molar-refractivity contribution >= 4 is 11.4 Å². The van der Waals surface area contributed by atoms with Crippen molar-refractivity contribution in [3.8, 4) is 0 Å². The Bertz CT molecular complexity index is 701. The van der Waals surface area contributed by atoms with Crippen molar-refractivity contribution in [1.82, 2.24) is 9.55 Å². The minimum absolute atomic E-state index is 0.105. The molecule has 1 fully saturated rings. The van der Waals surface area contributed by atoms with Gasteiger partial charge in [0.1, 0.15) is 11.5 Å². The molecule has 1 saturated heterocycles. The molecule has 0 spiro atoms. The largest absolute Gasteiger partial charge is 0.361 e. The van der Waals surface area contributed by atoms with Crippen LogP contribution in [0.2, 0.25) is 0 Å². The summed E-state index contributed by atoms with van der Waals surface area (Å²) < 4.78 is 15.9. The number of anilines is 1. The summed E-state index contributed by atoms with van der Waals surface area (Å²) in [5.74, 6) is 0.118. The van der Waals surface area contributed by atoms with Gasteiger partial charge in [-0.3, -0.25) is 10.1 Å². The highest BCUT2D eigenvalue weighted by Crippen LogP contribution is 2.35. The summed E-state index contributed by atoms with van der Waals surface area (Å²) in [6.07, 6.45) is 5.49. The van der Waals surface area contributed by atoms with Crippen molar-refractivity contribution < 1.29 is 9.31 Å². The first-order valence-electron chi connectivity index (χ1n) is 7.25. The number of imidazole rings is 1. The Kier molecular flexibility index (Phi) is 3.79. The number of nitrogens with zero attached hydrogens (tertiary/aromatic N) is 4. The minimum atomic E-state index is -0.785. The van der Waals surface area contributed by atoms with Gasteiger partial charge >= 0.3 is 5.69 Å². The minimum Gasteiger partial charge on any atom is -0.361 e. The van der Waals surface area contributed by atoms with Gasteiger partial charge in [0.25, 0.3) is 0 Å². The number of nitro groups is 1. The van der Waals surface area contributed by atoms with Gasteiger partial charge in [-0.05, 0) is 31.9 Å². The molecule has 0 bridgehead atoms. The fraction of sp³-hybridized carbons (Fsp3) is 0.400. The number of nitro benzene ring substituents is 1. The van der Waals surface area contributed by atoms with E-state index in [9.17, 15) is 14.5 Å². The molecule has 6 nitrogen and oxygen atoms in total. The molecule has 1 aliphatic rings. The van der Waals surface area contributed by atoms with E-state index < -0.39 is 16.4 Å². The molecule has 0 aliphatic carbocycles. The van der Waals surface area contributed by atoms with E-state index in [1.807, 2.05) is 22.6 Å². The predicted molar refractivity (Wildman–Crippen MR) is 80.4 cm³/mol. The van der Waals surface area contributed by atoms with Crippen LogP contribution in [0.1, 0.15) is 18.7 Å². The fourth-order valence-corrected chi connectivity index (χ4v) is 3.08. The molecule has 0 unspecified atom stereocenters. The van der Waals surface area contributed by atoms with Crippen molar-refractivity contribution in [2.45, 2.75) is 32.4 Å². The number of para-hydroxylation sites is 1. The van der Waals surface area contributed by atoms with Crippen LogP contribution in [-0.4, -0.2) is 27.1 Å². The molecule has 3 rings (SSSR count). The molecule has 0 N–H and O–H groups in total. The van der Waals surface area contributed by atoms with Crippen LogP contribution in [0, 0.1) is 22.9 Å². The van der Waals surface area contributed by atoms with Crippen molar-refractivity contribution in [2.75, 3.05) is 11.4 Å². The summed E-state index contributed by atoms with van der Waals surface area (Å²) in [5.41, 5.74) is -0.0676. The van der Waals surface area contributed by atoms with Crippen molar-refractivity contribution in [3.63, 3.8) is 0 Å². The van der Waals surface area contributed by atoms with Crippen LogP contribution < -0.4 is 4.90 Å². The predicted octanol–water partition coefficient (Wildman–Crippen LogP) is 2.91. The Morgan fingerprint density at radius 3 is 3.00 bits per heavy atom. The summed E-state index contributed by atoms with van der Waals surface area (Å²) in [4.78, 5) is 16.7. The van der Waals surface area contributed by atoms with Crippen molar-refractivity contribution in [2.24, 2.45) is 0 Å². The van der Waals surface area contributed by atoms with E-state index in [-0.39, 0.29) is 6.04 Å². The van der Waals surface area contributed by atoms with Crippen LogP contribution in [0.3, 0.4) is 0 Å². The Labute approximate surface area is 127 Å². The zero-order valence-corrected chi connectivity index (χ0v) is 12.3. The molecule has 0 radical (unpaired) electrons. The number of hydrogen-bond acceptors (Lipinski definition) is 4. The van der Waals surface area contributed by atoms with E-state index in [1.54, 1.807) is 12.3 Å². The van der Waals surface area contributed by atoms with E-state index in [0.717, 1.165) is 24.7 Å². The van der Waals surface area contributed by atoms with Gasteiger partial charge < -0.3 is 9.47 Å². The molecule has 7 heteroatoms. The second-order valence-corrected chi connectivity index (χ2v) is 5.48. The average molecular weight is 304 g/mol. The second kappa shape index (κ2) is 5.75. The third kappa shape index (κ3) is 2.54. The van der Waals surface area contributed by atoms with Crippen LogP contribution in [-0.2, 0) is 6.54 Å². The lowest BCUT2D eigenvalue weighted by Crippen LogP contribution is -2.33. The van der Waals surface area contributed by atoms with E-state index in [0.29, 0.717) is 18.8 Å². The Morgan fingerprint density at radius 2 is 2.32 bits per heavy atom. The molecular weight excluding hydrogens is 287 g/mol. The molecule has 1 atom stereocenters. The van der Waals surface area contributed by atoms with Gasteiger partial charge in [-0.15, -0.1) is 0 Å².